The molecule has 2 rings (SSSR count). The lowest BCUT2D eigenvalue weighted by molar-refractivity contribution is 0.368. The van der Waals surface area contributed by atoms with Crippen molar-refractivity contribution in [2.45, 2.75) is 18.9 Å². The number of methoxy groups -OCH3 is 1. The Morgan fingerprint density at radius 1 is 1.53 bits per heavy atom. The summed E-state index contributed by atoms with van der Waals surface area (Å²) in [5.74, 6) is 7.40. The van der Waals surface area contributed by atoms with Crippen molar-refractivity contribution in [2.75, 3.05) is 44.6 Å². The maximum atomic E-state index is 5.46. The van der Waals surface area contributed by atoms with Crippen LogP contribution < -0.4 is 20.9 Å². The molecular weight excluding hydrogens is 244 g/mol. The smallest absolute Gasteiger partial charge is 0.205 e. The average Bonchev–Trinajstić information content (AvgIpc) is 2.84. The van der Waals surface area contributed by atoms with Crippen molar-refractivity contribution in [2.24, 2.45) is 5.84 Å². The van der Waals surface area contributed by atoms with E-state index in [1.54, 1.807) is 7.11 Å². The summed E-state index contributed by atoms with van der Waals surface area (Å²) in [6.45, 7) is 1.98. The highest BCUT2D eigenvalue weighted by Gasteiger charge is 2.29. The minimum atomic E-state index is 0.449. The van der Waals surface area contributed by atoms with Crippen LogP contribution in [0, 0.1) is 0 Å². The Kier molecular flexibility index (Phi) is 4.39. The number of nitrogens with one attached hydrogen (secondary N) is 1. The first kappa shape index (κ1) is 13.8. The number of hydrogen-bond donors (Lipinski definition) is 2. The number of hydrogen-bond acceptors (Lipinski definition) is 7. The first-order valence-electron chi connectivity index (χ1n) is 6.44. The number of nitrogens with two attached hydrogens (primary N) is 1. The lowest BCUT2D eigenvalue weighted by Crippen LogP contribution is -2.38. The number of nitrogen functional groups attached to an aromatic ring is 1. The Labute approximate surface area is 113 Å². The predicted octanol–water partition coefficient (Wildman–Crippen LogP) is 0.301. The molecule has 106 valence electrons. The van der Waals surface area contributed by atoms with Crippen LogP contribution in [0.15, 0.2) is 6.33 Å². The van der Waals surface area contributed by atoms with Crippen molar-refractivity contribution < 1.29 is 4.74 Å². The van der Waals surface area contributed by atoms with Crippen LogP contribution >= 0.6 is 0 Å². The van der Waals surface area contributed by atoms with Crippen LogP contribution in [-0.2, 0) is 0 Å². The summed E-state index contributed by atoms with van der Waals surface area (Å²) in [7, 11) is 5.78. The fourth-order valence-electron chi connectivity index (χ4n) is 2.59. The molecule has 1 unspecified atom stereocenters. The van der Waals surface area contributed by atoms with E-state index in [1.807, 2.05) is 0 Å². The minimum absolute atomic E-state index is 0.449. The van der Waals surface area contributed by atoms with Crippen molar-refractivity contribution in [3.63, 3.8) is 0 Å². The van der Waals surface area contributed by atoms with E-state index in [1.165, 1.54) is 6.33 Å². The molecule has 1 aromatic rings. The third kappa shape index (κ3) is 2.87. The van der Waals surface area contributed by atoms with Crippen molar-refractivity contribution in [3.05, 3.63) is 6.33 Å². The number of anilines is 2. The predicted molar refractivity (Wildman–Crippen MR) is 75.3 cm³/mol. The van der Waals surface area contributed by atoms with Crippen LogP contribution in [0.3, 0.4) is 0 Å². The Morgan fingerprint density at radius 3 is 2.95 bits per heavy atom. The molecule has 1 fully saturated rings. The Bertz CT molecular complexity index is 425. The molecule has 3 N–H and O–H groups in total. The molecule has 0 saturated carbocycles. The van der Waals surface area contributed by atoms with Gasteiger partial charge in [0.05, 0.1) is 7.11 Å². The number of ether oxygens (including phenoxy) is 1. The van der Waals surface area contributed by atoms with Crippen LogP contribution in [0.4, 0.5) is 11.6 Å². The van der Waals surface area contributed by atoms with Crippen LogP contribution in [-0.4, -0.2) is 55.2 Å². The Balaban J connectivity index is 2.29. The van der Waals surface area contributed by atoms with Crippen LogP contribution in [0.5, 0.6) is 5.75 Å². The first-order valence-corrected chi connectivity index (χ1v) is 6.44. The molecule has 0 spiro atoms. The number of aromatic nitrogens is 2. The molecule has 1 aliphatic heterocycles. The van der Waals surface area contributed by atoms with E-state index in [4.69, 9.17) is 10.6 Å². The van der Waals surface area contributed by atoms with Gasteiger partial charge in [-0.3, -0.25) is 0 Å². The average molecular weight is 266 g/mol. The highest BCUT2D eigenvalue weighted by molar-refractivity contribution is 5.65. The second-order valence-electron chi connectivity index (χ2n) is 4.98. The fraction of sp³-hybridized carbons (Fsp3) is 0.667. The zero-order valence-electron chi connectivity index (χ0n) is 11.8. The maximum absolute atomic E-state index is 5.46. The number of rotatable bonds is 5. The summed E-state index contributed by atoms with van der Waals surface area (Å²) in [4.78, 5) is 12.9. The molecule has 0 aliphatic carbocycles. The summed E-state index contributed by atoms with van der Waals surface area (Å²) in [5, 5.41) is 0. The molecule has 0 radical (unpaired) electrons. The van der Waals surface area contributed by atoms with Gasteiger partial charge in [-0.1, -0.05) is 0 Å². The number of nitrogens with zero attached hydrogens (tertiary/aromatic N) is 4. The van der Waals surface area contributed by atoms with Gasteiger partial charge in [-0.2, -0.15) is 0 Å². The second-order valence-corrected chi connectivity index (χ2v) is 4.98. The van der Waals surface area contributed by atoms with E-state index in [-0.39, 0.29) is 0 Å². The van der Waals surface area contributed by atoms with Gasteiger partial charge in [-0.25, -0.2) is 15.8 Å². The summed E-state index contributed by atoms with van der Waals surface area (Å²) >= 11 is 0. The molecule has 7 heteroatoms. The summed E-state index contributed by atoms with van der Waals surface area (Å²) < 4.78 is 5.41. The standard InChI is InChI=1S/C12H22N6O/c1-17(2)7-9-5-4-6-18(9)12-10(19-3)11(16-13)14-8-15-12/h8-9H,4-7,13H2,1-3H3,(H,14,15,16). The van der Waals surface area contributed by atoms with Gasteiger partial charge in [0.1, 0.15) is 6.33 Å². The second kappa shape index (κ2) is 6.03. The SMILES string of the molecule is COc1c(NN)ncnc1N1CCCC1CN(C)C. The van der Waals surface area contributed by atoms with Crippen molar-refractivity contribution >= 4 is 11.6 Å². The summed E-state index contributed by atoms with van der Waals surface area (Å²) in [5.41, 5.74) is 2.55. The van der Waals surface area contributed by atoms with Crippen molar-refractivity contribution in [1.82, 2.24) is 14.9 Å². The third-order valence-electron chi connectivity index (χ3n) is 3.35. The van der Waals surface area contributed by atoms with Gasteiger partial charge in [-0.05, 0) is 26.9 Å². The van der Waals surface area contributed by atoms with E-state index >= 15 is 0 Å². The van der Waals surface area contributed by atoms with Gasteiger partial charge in [0.25, 0.3) is 0 Å². The van der Waals surface area contributed by atoms with Gasteiger partial charge in [0.15, 0.2) is 11.6 Å². The van der Waals surface area contributed by atoms with Gasteiger partial charge < -0.3 is 20.0 Å². The van der Waals surface area contributed by atoms with Crippen molar-refractivity contribution in [1.29, 1.82) is 0 Å². The molecule has 2 heterocycles. The molecule has 0 amide bonds. The van der Waals surface area contributed by atoms with E-state index < -0.39 is 0 Å². The Hall–Kier alpha value is -1.60. The highest BCUT2D eigenvalue weighted by atomic mass is 16.5. The maximum Gasteiger partial charge on any atom is 0.205 e. The minimum Gasteiger partial charge on any atom is -0.490 e. The van der Waals surface area contributed by atoms with Gasteiger partial charge in [-0.15, -0.1) is 0 Å². The summed E-state index contributed by atoms with van der Waals surface area (Å²) in [6, 6.07) is 0.449. The molecule has 7 nitrogen and oxygen atoms in total. The third-order valence-corrected chi connectivity index (χ3v) is 3.35. The van der Waals surface area contributed by atoms with E-state index in [9.17, 15) is 0 Å². The van der Waals surface area contributed by atoms with E-state index in [0.717, 1.165) is 31.7 Å². The lowest BCUT2D eigenvalue weighted by Gasteiger charge is -2.29. The van der Waals surface area contributed by atoms with E-state index in [0.29, 0.717) is 17.6 Å². The topological polar surface area (TPSA) is 79.5 Å². The quantitative estimate of drug-likeness (QED) is 0.586. The molecule has 1 aromatic heterocycles. The highest BCUT2D eigenvalue weighted by Crippen LogP contribution is 2.35. The van der Waals surface area contributed by atoms with E-state index in [2.05, 4.69) is 39.3 Å². The molecule has 1 saturated heterocycles. The molecule has 1 aliphatic rings. The van der Waals surface area contributed by atoms with Crippen molar-refractivity contribution in [3.8, 4) is 5.75 Å². The molecule has 19 heavy (non-hydrogen) atoms. The zero-order valence-corrected chi connectivity index (χ0v) is 11.8. The van der Waals surface area contributed by atoms with Crippen LogP contribution in [0.1, 0.15) is 12.8 Å². The number of hydrazine groups is 1. The monoisotopic (exact) mass is 266 g/mol. The summed E-state index contributed by atoms with van der Waals surface area (Å²) in [6.07, 6.45) is 3.84. The van der Waals surface area contributed by atoms with Gasteiger partial charge in [0.2, 0.25) is 5.75 Å². The molecule has 1 atom stereocenters. The molecule has 0 bridgehead atoms. The largest absolute Gasteiger partial charge is 0.490 e. The molecular formula is C12H22N6O. The first-order chi connectivity index (χ1) is 9.17. The zero-order chi connectivity index (χ0) is 13.8. The van der Waals surface area contributed by atoms with Gasteiger partial charge >= 0.3 is 0 Å². The number of likely N-dealkylation sites (N-methyl/N-ethyl adjacent to an activating group) is 1. The lowest BCUT2D eigenvalue weighted by atomic mass is 10.2. The Morgan fingerprint density at radius 2 is 2.32 bits per heavy atom. The van der Waals surface area contributed by atoms with Crippen LogP contribution in [0.2, 0.25) is 0 Å². The normalized spacial score (nSPS) is 19.0. The van der Waals surface area contributed by atoms with Gasteiger partial charge in [0, 0.05) is 19.1 Å². The molecule has 0 aromatic carbocycles. The fourth-order valence-corrected chi connectivity index (χ4v) is 2.59. The van der Waals surface area contributed by atoms with Crippen LogP contribution in [0.25, 0.3) is 0 Å².